The molecular weight excluding hydrogens is 413 g/mol. The fourth-order valence-corrected chi connectivity index (χ4v) is 4.35. The summed E-state index contributed by atoms with van der Waals surface area (Å²) in [6.07, 6.45) is 1.72. The lowest BCUT2D eigenvalue weighted by Crippen LogP contribution is -2.49. The highest BCUT2D eigenvalue weighted by molar-refractivity contribution is 6.30. The number of aromatic carboxylic acids is 1. The number of halogens is 2. The van der Waals surface area contributed by atoms with Crippen LogP contribution in [0.4, 0.5) is 4.39 Å². The van der Waals surface area contributed by atoms with Crippen LogP contribution in [0.1, 0.15) is 28.8 Å². The minimum atomic E-state index is -1.28. The number of fused-ring (bicyclic) bond motifs is 1. The Bertz CT molecular complexity index is 945. The molecule has 0 aromatic heterocycles. The number of rotatable bonds is 6. The van der Waals surface area contributed by atoms with E-state index < -0.39 is 17.9 Å². The van der Waals surface area contributed by atoms with Crippen LogP contribution in [0.5, 0.6) is 11.5 Å². The molecule has 0 amide bonds. The van der Waals surface area contributed by atoms with Gasteiger partial charge < -0.3 is 24.6 Å². The van der Waals surface area contributed by atoms with Crippen molar-refractivity contribution in [3.63, 3.8) is 0 Å². The number of benzene rings is 2. The number of nitrogens with zero attached hydrogens (tertiary/aromatic N) is 1. The zero-order chi connectivity index (χ0) is 21.3. The Morgan fingerprint density at radius 3 is 2.77 bits per heavy atom. The summed E-state index contributed by atoms with van der Waals surface area (Å²) >= 11 is 6.09. The van der Waals surface area contributed by atoms with E-state index in [2.05, 4.69) is 4.90 Å². The molecule has 0 radical (unpaired) electrons. The van der Waals surface area contributed by atoms with Crippen molar-refractivity contribution >= 4 is 17.6 Å². The highest BCUT2D eigenvalue weighted by atomic mass is 35.5. The van der Waals surface area contributed by atoms with Crippen LogP contribution in [0.2, 0.25) is 5.02 Å². The number of piperidine rings is 1. The SMILES string of the molecule is O=C(O)c1cc(F)ccc1OC[C@@H](O)CN1CCC2(CC1)Cc1cc(Cl)ccc1O2. The van der Waals surface area contributed by atoms with Gasteiger partial charge in [0.1, 0.15) is 41.2 Å². The Balaban J connectivity index is 1.27. The van der Waals surface area contributed by atoms with Crippen LogP contribution in [-0.4, -0.2) is 59.0 Å². The van der Waals surface area contributed by atoms with Crippen LogP contribution < -0.4 is 9.47 Å². The maximum absolute atomic E-state index is 13.3. The highest BCUT2D eigenvalue weighted by Gasteiger charge is 2.42. The van der Waals surface area contributed by atoms with Crippen molar-refractivity contribution < 1.29 is 28.9 Å². The van der Waals surface area contributed by atoms with Gasteiger partial charge >= 0.3 is 5.97 Å². The fraction of sp³-hybridized carbons (Fsp3) is 0.409. The lowest BCUT2D eigenvalue weighted by Gasteiger charge is -2.39. The van der Waals surface area contributed by atoms with Crippen LogP contribution >= 0.6 is 11.6 Å². The number of β-amino-alcohol motifs (C(OH)–C–C–N with tert-alkyl or cyclic N) is 1. The molecule has 0 saturated carbocycles. The quantitative estimate of drug-likeness (QED) is 0.724. The van der Waals surface area contributed by atoms with E-state index in [1.807, 2.05) is 18.2 Å². The second-order valence-corrected chi connectivity index (χ2v) is 8.36. The lowest BCUT2D eigenvalue weighted by molar-refractivity contribution is -0.00203. The molecule has 2 N–H and O–H groups in total. The molecule has 0 unspecified atom stereocenters. The molecule has 0 bridgehead atoms. The third-order valence-corrected chi connectivity index (χ3v) is 5.94. The average molecular weight is 436 g/mol. The molecule has 1 saturated heterocycles. The minimum Gasteiger partial charge on any atom is -0.490 e. The number of carboxylic acid groups (broad SMARTS) is 1. The first-order chi connectivity index (χ1) is 14.3. The monoisotopic (exact) mass is 435 g/mol. The number of hydrogen-bond acceptors (Lipinski definition) is 5. The topological polar surface area (TPSA) is 79.2 Å². The predicted octanol–water partition coefficient (Wildman–Crippen LogP) is 3.39. The summed E-state index contributed by atoms with van der Waals surface area (Å²) in [4.78, 5) is 13.4. The fourth-order valence-electron chi connectivity index (χ4n) is 4.16. The van der Waals surface area contributed by atoms with Crippen molar-refractivity contribution in [2.75, 3.05) is 26.2 Å². The van der Waals surface area contributed by atoms with E-state index in [9.17, 15) is 14.3 Å². The second-order valence-electron chi connectivity index (χ2n) is 7.92. The Morgan fingerprint density at radius 2 is 2.03 bits per heavy atom. The third-order valence-electron chi connectivity index (χ3n) is 5.70. The molecule has 160 valence electrons. The first-order valence-electron chi connectivity index (χ1n) is 9.87. The second kappa shape index (κ2) is 8.41. The molecule has 2 aliphatic rings. The first kappa shape index (κ1) is 20.9. The van der Waals surface area contributed by atoms with Gasteiger partial charge in [-0.25, -0.2) is 9.18 Å². The summed E-state index contributed by atoms with van der Waals surface area (Å²) in [5.41, 5.74) is 0.660. The molecule has 8 heteroatoms. The van der Waals surface area contributed by atoms with Crippen molar-refractivity contribution in [2.45, 2.75) is 31.0 Å². The van der Waals surface area contributed by atoms with Gasteiger partial charge in [-0.1, -0.05) is 11.6 Å². The zero-order valence-electron chi connectivity index (χ0n) is 16.3. The summed E-state index contributed by atoms with van der Waals surface area (Å²) in [5.74, 6) is -0.994. The van der Waals surface area contributed by atoms with Crippen LogP contribution in [0.25, 0.3) is 0 Å². The number of aliphatic hydroxyl groups excluding tert-OH is 1. The van der Waals surface area contributed by atoms with Crippen molar-refractivity contribution in [3.05, 3.63) is 58.4 Å². The van der Waals surface area contributed by atoms with E-state index in [0.29, 0.717) is 11.6 Å². The van der Waals surface area contributed by atoms with Crippen LogP contribution in [-0.2, 0) is 6.42 Å². The van der Waals surface area contributed by atoms with Crippen molar-refractivity contribution in [3.8, 4) is 11.5 Å². The molecule has 2 aromatic rings. The van der Waals surface area contributed by atoms with Gasteiger partial charge in [0.2, 0.25) is 0 Å². The van der Waals surface area contributed by atoms with E-state index >= 15 is 0 Å². The molecule has 1 spiro atoms. The Hall–Kier alpha value is -2.35. The number of carbonyl (C=O) groups is 1. The van der Waals surface area contributed by atoms with E-state index in [1.165, 1.54) is 6.07 Å². The highest BCUT2D eigenvalue weighted by Crippen LogP contribution is 2.41. The summed E-state index contributed by atoms with van der Waals surface area (Å²) < 4.78 is 24.9. The van der Waals surface area contributed by atoms with E-state index in [4.69, 9.17) is 26.2 Å². The maximum Gasteiger partial charge on any atom is 0.339 e. The van der Waals surface area contributed by atoms with Gasteiger partial charge in [0.05, 0.1) is 0 Å². The molecule has 1 atom stereocenters. The van der Waals surface area contributed by atoms with Crippen molar-refractivity contribution in [1.29, 1.82) is 0 Å². The van der Waals surface area contributed by atoms with E-state index in [0.717, 1.165) is 55.8 Å². The van der Waals surface area contributed by atoms with Gasteiger partial charge in [-0.05, 0) is 42.0 Å². The summed E-state index contributed by atoms with van der Waals surface area (Å²) in [5, 5.41) is 20.2. The van der Waals surface area contributed by atoms with Gasteiger partial charge in [0.25, 0.3) is 0 Å². The van der Waals surface area contributed by atoms with Crippen molar-refractivity contribution in [2.24, 2.45) is 0 Å². The summed E-state index contributed by atoms with van der Waals surface area (Å²) in [6, 6.07) is 9.01. The van der Waals surface area contributed by atoms with Crippen molar-refractivity contribution in [1.82, 2.24) is 4.90 Å². The molecule has 6 nitrogen and oxygen atoms in total. The van der Waals surface area contributed by atoms with Gasteiger partial charge in [-0.15, -0.1) is 0 Å². The predicted molar refractivity (Wildman–Crippen MR) is 109 cm³/mol. The van der Waals surface area contributed by atoms with Crippen LogP contribution in [0, 0.1) is 5.82 Å². The van der Waals surface area contributed by atoms with Crippen LogP contribution in [0.15, 0.2) is 36.4 Å². The number of likely N-dealkylation sites (tertiary alicyclic amines) is 1. The first-order valence-corrected chi connectivity index (χ1v) is 10.2. The molecule has 4 rings (SSSR count). The summed E-state index contributed by atoms with van der Waals surface area (Å²) in [6.45, 7) is 1.87. The van der Waals surface area contributed by atoms with Gasteiger partial charge in [0.15, 0.2) is 0 Å². The van der Waals surface area contributed by atoms with E-state index in [-0.39, 0.29) is 23.5 Å². The lowest BCUT2D eigenvalue weighted by atomic mass is 9.87. The standard InChI is InChI=1S/C22H23ClFNO5/c23-15-1-3-19-14(9-15)11-22(30-19)5-7-25(8-6-22)12-17(26)13-29-20-4-2-16(24)10-18(20)21(27)28/h1-4,9-10,17,26H,5-8,11-13H2,(H,27,28)/t17-/m0/s1. The Morgan fingerprint density at radius 1 is 1.27 bits per heavy atom. The molecule has 2 aromatic carbocycles. The smallest absolute Gasteiger partial charge is 0.339 e. The summed E-state index contributed by atoms with van der Waals surface area (Å²) in [7, 11) is 0. The minimum absolute atomic E-state index is 0.0383. The van der Waals surface area contributed by atoms with Crippen LogP contribution in [0.3, 0.4) is 0 Å². The largest absolute Gasteiger partial charge is 0.490 e. The van der Waals surface area contributed by atoms with E-state index in [1.54, 1.807) is 0 Å². The Kier molecular flexibility index (Phi) is 5.86. The van der Waals surface area contributed by atoms with Gasteiger partial charge in [-0.3, -0.25) is 0 Å². The molecule has 1 fully saturated rings. The van der Waals surface area contributed by atoms with Gasteiger partial charge in [-0.2, -0.15) is 0 Å². The third kappa shape index (κ3) is 4.53. The molecule has 2 aliphatic heterocycles. The number of aliphatic hydroxyl groups is 1. The number of carboxylic acids is 1. The normalized spacial score (nSPS) is 18.6. The Labute approximate surface area is 178 Å². The average Bonchev–Trinajstić information content (AvgIpc) is 3.05. The number of hydrogen-bond donors (Lipinski definition) is 2. The molecule has 2 heterocycles. The molecular formula is C22H23ClFNO5. The van der Waals surface area contributed by atoms with Gasteiger partial charge in [0, 0.05) is 43.9 Å². The number of ether oxygens (including phenoxy) is 2. The molecule has 0 aliphatic carbocycles. The maximum atomic E-state index is 13.3. The zero-order valence-corrected chi connectivity index (χ0v) is 17.1. The molecule has 30 heavy (non-hydrogen) atoms.